The van der Waals surface area contributed by atoms with Gasteiger partial charge in [0.1, 0.15) is 0 Å². The summed E-state index contributed by atoms with van der Waals surface area (Å²) < 4.78 is 0. The average molecular weight is 270 g/mol. The van der Waals surface area contributed by atoms with Gasteiger partial charge in [-0.2, -0.15) is 0 Å². The number of likely N-dealkylation sites (tertiary alicyclic amines) is 2. The summed E-state index contributed by atoms with van der Waals surface area (Å²) in [6.07, 6.45) is 4.57. The van der Waals surface area contributed by atoms with E-state index in [4.69, 9.17) is 0 Å². The molecule has 2 aliphatic heterocycles. The molecule has 2 rings (SSSR count). The van der Waals surface area contributed by atoms with Gasteiger partial charge < -0.3 is 20.0 Å². The van der Waals surface area contributed by atoms with Crippen LogP contribution in [0.1, 0.15) is 32.6 Å². The summed E-state index contributed by atoms with van der Waals surface area (Å²) in [7, 11) is 0. The Morgan fingerprint density at radius 2 is 1.74 bits per heavy atom. The molecule has 0 spiro atoms. The van der Waals surface area contributed by atoms with Crippen molar-refractivity contribution >= 4 is 0 Å². The van der Waals surface area contributed by atoms with E-state index in [-0.39, 0.29) is 12.7 Å². The Bertz CT molecular complexity index is 255. The van der Waals surface area contributed by atoms with E-state index in [0.29, 0.717) is 5.92 Å². The first kappa shape index (κ1) is 15.2. The number of piperidine rings is 2. The van der Waals surface area contributed by atoms with Crippen LogP contribution in [0.3, 0.4) is 0 Å². The molecule has 0 aromatic rings. The van der Waals surface area contributed by atoms with Crippen molar-refractivity contribution in [3.05, 3.63) is 0 Å². The maximum Gasteiger partial charge on any atom is 0.0793 e. The molecular weight excluding hydrogens is 240 g/mol. The van der Waals surface area contributed by atoms with Gasteiger partial charge >= 0.3 is 0 Å². The normalized spacial score (nSPS) is 29.5. The van der Waals surface area contributed by atoms with Gasteiger partial charge in [-0.25, -0.2) is 0 Å². The molecule has 0 radical (unpaired) electrons. The fourth-order valence-corrected chi connectivity index (χ4v) is 3.36. The van der Waals surface area contributed by atoms with Crippen LogP contribution in [0.25, 0.3) is 0 Å². The monoisotopic (exact) mass is 270 g/mol. The number of nitrogens with zero attached hydrogens (tertiary/aromatic N) is 2. The predicted molar refractivity (Wildman–Crippen MR) is 77.1 cm³/mol. The third kappa shape index (κ3) is 5.03. The van der Waals surface area contributed by atoms with Crippen LogP contribution in [0.2, 0.25) is 0 Å². The quantitative estimate of drug-likeness (QED) is 0.775. The van der Waals surface area contributed by atoms with E-state index in [2.05, 4.69) is 16.7 Å². The van der Waals surface area contributed by atoms with Gasteiger partial charge in [0.05, 0.1) is 6.10 Å². The zero-order chi connectivity index (χ0) is 13.7. The van der Waals surface area contributed by atoms with Crippen LogP contribution >= 0.6 is 0 Å². The Morgan fingerprint density at radius 3 is 2.42 bits per heavy atom. The Labute approximate surface area is 117 Å². The van der Waals surface area contributed by atoms with E-state index < -0.39 is 0 Å². The SMILES string of the molecule is CC1CCN(CC(O)CN2CCCC(CO)C2)CC1. The number of hydrogen-bond donors (Lipinski definition) is 2. The summed E-state index contributed by atoms with van der Waals surface area (Å²) in [6.45, 7) is 8.48. The van der Waals surface area contributed by atoms with E-state index in [9.17, 15) is 10.2 Å². The second kappa shape index (κ2) is 7.58. The van der Waals surface area contributed by atoms with Crippen molar-refractivity contribution in [3.63, 3.8) is 0 Å². The highest BCUT2D eigenvalue weighted by atomic mass is 16.3. The molecule has 0 amide bonds. The van der Waals surface area contributed by atoms with Crippen LogP contribution in [-0.2, 0) is 0 Å². The molecule has 2 atom stereocenters. The van der Waals surface area contributed by atoms with Crippen molar-refractivity contribution in [1.29, 1.82) is 0 Å². The summed E-state index contributed by atoms with van der Waals surface area (Å²) in [5.74, 6) is 1.26. The molecule has 2 N–H and O–H groups in total. The predicted octanol–water partition coefficient (Wildman–Crippen LogP) is 0.783. The molecule has 2 heterocycles. The molecular formula is C15H30N2O2. The van der Waals surface area contributed by atoms with Gasteiger partial charge in [0.2, 0.25) is 0 Å². The first-order chi connectivity index (χ1) is 9.17. The van der Waals surface area contributed by atoms with E-state index >= 15 is 0 Å². The lowest BCUT2D eigenvalue weighted by Crippen LogP contribution is -2.46. The van der Waals surface area contributed by atoms with Crippen LogP contribution < -0.4 is 0 Å². The summed E-state index contributed by atoms with van der Waals surface area (Å²) in [5.41, 5.74) is 0. The fourth-order valence-electron chi connectivity index (χ4n) is 3.36. The second-order valence-corrected chi connectivity index (χ2v) is 6.59. The molecule has 0 aromatic heterocycles. The summed E-state index contributed by atoms with van der Waals surface area (Å²) in [4.78, 5) is 4.72. The number of aliphatic hydroxyl groups excluding tert-OH is 2. The zero-order valence-electron chi connectivity index (χ0n) is 12.3. The third-order valence-electron chi connectivity index (χ3n) is 4.68. The summed E-state index contributed by atoms with van der Waals surface area (Å²) >= 11 is 0. The molecule has 2 saturated heterocycles. The van der Waals surface area contributed by atoms with Gasteiger partial charge in [-0.3, -0.25) is 0 Å². The van der Waals surface area contributed by atoms with Crippen molar-refractivity contribution in [2.24, 2.45) is 11.8 Å². The van der Waals surface area contributed by atoms with Gasteiger partial charge in [-0.15, -0.1) is 0 Å². The molecule has 4 nitrogen and oxygen atoms in total. The average Bonchev–Trinajstić information content (AvgIpc) is 2.41. The molecule has 19 heavy (non-hydrogen) atoms. The van der Waals surface area contributed by atoms with E-state index in [0.717, 1.165) is 58.0 Å². The van der Waals surface area contributed by atoms with E-state index in [1.165, 1.54) is 12.8 Å². The third-order valence-corrected chi connectivity index (χ3v) is 4.68. The standard InChI is InChI=1S/C15H30N2O2/c1-13-4-7-16(8-5-13)10-15(19)11-17-6-2-3-14(9-17)12-18/h13-15,18-19H,2-12H2,1H3. The maximum absolute atomic E-state index is 10.2. The molecule has 112 valence electrons. The number of hydrogen-bond acceptors (Lipinski definition) is 4. The Balaban J connectivity index is 1.67. The highest BCUT2D eigenvalue weighted by Gasteiger charge is 2.23. The first-order valence-electron chi connectivity index (χ1n) is 7.91. The van der Waals surface area contributed by atoms with Gasteiger partial charge in [0.25, 0.3) is 0 Å². The largest absolute Gasteiger partial charge is 0.396 e. The molecule has 4 heteroatoms. The minimum Gasteiger partial charge on any atom is -0.396 e. The zero-order valence-corrected chi connectivity index (χ0v) is 12.3. The van der Waals surface area contributed by atoms with Crippen LogP contribution in [0.15, 0.2) is 0 Å². The minimum absolute atomic E-state index is 0.245. The second-order valence-electron chi connectivity index (χ2n) is 6.59. The van der Waals surface area contributed by atoms with Crippen molar-refractivity contribution in [2.45, 2.75) is 38.7 Å². The maximum atomic E-state index is 10.2. The molecule has 0 aromatic carbocycles. The number of rotatable bonds is 5. The minimum atomic E-state index is -0.245. The highest BCUT2D eigenvalue weighted by Crippen LogP contribution is 2.18. The molecule has 0 bridgehead atoms. The lowest BCUT2D eigenvalue weighted by molar-refractivity contribution is 0.0402. The fraction of sp³-hybridized carbons (Fsp3) is 1.00. The number of aliphatic hydroxyl groups is 2. The molecule has 2 unspecified atom stereocenters. The van der Waals surface area contributed by atoms with Gasteiger partial charge in [-0.05, 0) is 57.2 Å². The summed E-state index contributed by atoms with van der Waals surface area (Å²) in [5, 5.41) is 19.5. The molecule has 2 aliphatic rings. The van der Waals surface area contributed by atoms with E-state index in [1.54, 1.807) is 0 Å². The van der Waals surface area contributed by atoms with Crippen LogP contribution in [0, 0.1) is 11.8 Å². The van der Waals surface area contributed by atoms with Gasteiger partial charge in [0, 0.05) is 26.2 Å². The van der Waals surface area contributed by atoms with Crippen LogP contribution in [0.4, 0.5) is 0 Å². The van der Waals surface area contributed by atoms with Crippen molar-refractivity contribution in [1.82, 2.24) is 9.80 Å². The van der Waals surface area contributed by atoms with Crippen molar-refractivity contribution < 1.29 is 10.2 Å². The topological polar surface area (TPSA) is 46.9 Å². The number of β-amino-alcohol motifs (C(OH)–C–C–N with tert-alkyl or cyclic N) is 1. The molecule has 0 aliphatic carbocycles. The highest BCUT2D eigenvalue weighted by molar-refractivity contribution is 4.77. The Hall–Kier alpha value is -0.160. The van der Waals surface area contributed by atoms with Crippen LogP contribution in [0.5, 0.6) is 0 Å². The summed E-state index contributed by atoms with van der Waals surface area (Å²) in [6, 6.07) is 0. The molecule has 0 saturated carbocycles. The Kier molecular flexibility index (Phi) is 6.07. The lowest BCUT2D eigenvalue weighted by atomic mass is 9.98. The van der Waals surface area contributed by atoms with Gasteiger partial charge in [0.15, 0.2) is 0 Å². The first-order valence-corrected chi connectivity index (χ1v) is 7.91. The Morgan fingerprint density at radius 1 is 1.05 bits per heavy atom. The van der Waals surface area contributed by atoms with Crippen molar-refractivity contribution in [2.75, 3.05) is 45.9 Å². The smallest absolute Gasteiger partial charge is 0.0793 e. The molecule has 2 fully saturated rings. The van der Waals surface area contributed by atoms with Crippen molar-refractivity contribution in [3.8, 4) is 0 Å². The lowest BCUT2D eigenvalue weighted by Gasteiger charge is -2.35. The van der Waals surface area contributed by atoms with Crippen LogP contribution in [-0.4, -0.2) is 72.0 Å². The van der Waals surface area contributed by atoms with E-state index in [1.807, 2.05) is 0 Å². The van der Waals surface area contributed by atoms with Gasteiger partial charge in [-0.1, -0.05) is 6.92 Å².